The first-order chi connectivity index (χ1) is 10.9. The molecule has 6 nitrogen and oxygen atoms in total. The van der Waals surface area contributed by atoms with E-state index in [1.54, 1.807) is 6.07 Å². The molecule has 2 N–H and O–H groups in total. The van der Waals surface area contributed by atoms with Crippen molar-refractivity contribution < 1.29 is 17.9 Å². The zero-order valence-corrected chi connectivity index (χ0v) is 11.2. The second-order valence-electron chi connectivity index (χ2n) is 4.80. The summed E-state index contributed by atoms with van der Waals surface area (Å²) < 4.78 is 45.2. The van der Waals surface area contributed by atoms with Crippen molar-refractivity contribution in [2.24, 2.45) is 5.92 Å². The van der Waals surface area contributed by atoms with Gasteiger partial charge in [0, 0.05) is 5.92 Å². The van der Waals surface area contributed by atoms with Crippen molar-refractivity contribution in [1.82, 2.24) is 9.97 Å². The normalized spacial score (nSPS) is 19.7. The van der Waals surface area contributed by atoms with Crippen molar-refractivity contribution in [3.05, 3.63) is 57.4 Å². The van der Waals surface area contributed by atoms with E-state index in [4.69, 9.17) is 10.1 Å². The maximum atomic E-state index is 13.5. The molecule has 1 aromatic heterocycles. The minimum atomic E-state index is -1.66. The molecule has 3 rings (SSSR count). The van der Waals surface area contributed by atoms with Gasteiger partial charge in [-0.1, -0.05) is 0 Å². The molecule has 0 fully saturated rings. The SMILES string of the molecule is N#CC1C(=N)Oc2nc[nH]c(=O)c2C1c1cc(F)c(F)c(F)c1. The summed E-state index contributed by atoms with van der Waals surface area (Å²) in [5.74, 6) is -7.86. The van der Waals surface area contributed by atoms with Crippen molar-refractivity contribution in [3.8, 4) is 11.9 Å². The highest BCUT2D eigenvalue weighted by Gasteiger charge is 2.40. The predicted molar refractivity (Wildman–Crippen MR) is 70.5 cm³/mol. The molecule has 1 aromatic carbocycles. The summed E-state index contributed by atoms with van der Waals surface area (Å²) in [6.07, 6.45) is 1.03. The molecule has 1 aliphatic heterocycles. The summed E-state index contributed by atoms with van der Waals surface area (Å²) in [6, 6.07) is 3.12. The molecule has 0 saturated carbocycles. The molecule has 0 amide bonds. The Labute approximate surface area is 126 Å². The average molecular weight is 320 g/mol. The lowest BCUT2D eigenvalue weighted by atomic mass is 9.80. The smallest absolute Gasteiger partial charge is 0.258 e. The fourth-order valence-corrected chi connectivity index (χ4v) is 2.48. The number of aromatic amines is 1. The number of fused-ring (bicyclic) bond motifs is 1. The maximum absolute atomic E-state index is 13.5. The lowest BCUT2D eigenvalue weighted by Crippen LogP contribution is -2.36. The summed E-state index contributed by atoms with van der Waals surface area (Å²) >= 11 is 0. The van der Waals surface area contributed by atoms with E-state index in [1.807, 2.05) is 0 Å². The summed E-state index contributed by atoms with van der Waals surface area (Å²) in [7, 11) is 0. The summed E-state index contributed by atoms with van der Waals surface area (Å²) in [5.41, 5.74) is -1.00. The van der Waals surface area contributed by atoms with Gasteiger partial charge in [0.2, 0.25) is 11.8 Å². The van der Waals surface area contributed by atoms with Gasteiger partial charge in [0.15, 0.2) is 17.5 Å². The summed E-state index contributed by atoms with van der Waals surface area (Å²) in [5, 5.41) is 17.0. The van der Waals surface area contributed by atoms with Crippen LogP contribution in [0.3, 0.4) is 0 Å². The number of hydrogen-bond donors (Lipinski definition) is 2. The van der Waals surface area contributed by atoms with E-state index >= 15 is 0 Å². The van der Waals surface area contributed by atoms with E-state index in [0.717, 1.165) is 6.33 Å². The quantitative estimate of drug-likeness (QED) is 0.782. The van der Waals surface area contributed by atoms with Crippen molar-refractivity contribution in [1.29, 1.82) is 10.7 Å². The van der Waals surface area contributed by atoms with Gasteiger partial charge in [-0.3, -0.25) is 10.2 Å². The zero-order chi connectivity index (χ0) is 16.7. The number of ether oxygens (including phenoxy) is 1. The van der Waals surface area contributed by atoms with E-state index in [2.05, 4.69) is 9.97 Å². The number of halogens is 3. The number of nitriles is 1. The molecule has 2 atom stereocenters. The first-order valence-corrected chi connectivity index (χ1v) is 6.32. The third-order valence-corrected chi connectivity index (χ3v) is 3.49. The van der Waals surface area contributed by atoms with Crippen molar-refractivity contribution in [2.45, 2.75) is 5.92 Å². The molecule has 2 unspecified atom stereocenters. The zero-order valence-electron chi connectivity index (χ0n) is 11.2. The molecule has 2 heterocycles. The minimum Gasteiger partial charge on any atom is -0.423 e. The number of H-pyrrole nitrogens is 1. The highest BCUT2D eigenvalue weighted by Crippen LogP contribution is 2.39. The van der Waals surface area contributed by atoms with E-state index in [1.165, 1.54) is 0 Å². The Balaban J connectivity index is 2.30. The first kappa shape index (κ1) is 14.8. The van der Waals surface area contributed by atoms with Crippen LogP contribution < -0.4 is 10.3 Å². The van der Waals surface area contributed by atoms with Crippen LogP contribution >= 0.6 is 0 Å². The molecule has 0 aliphatic carbocycles. The Kier molecular flexibility index (Phi) is 3.37. The van der Waals surface area contributed by atoms with E-state index in [-0.39, 0.29) is 17.0 Å². The predicted octanol–water partition coefficient (Wildman–Crippen LogP) is 1.83. The fourth-order valence-electron chi connectivity index (χ4n) is 2.48. The Morgan fingerprint density at radius 3 is 2.57 bits per heavy atom. The van der Waals surface area contributed by atoms with Crippen LogP contribution in [-0.4, -0.2) is 15.9 Å². The van der Waals surface area contributed by atoms with Crippen molar-refractivity contribution >= 4 is 5.90 Å². The Hall–Kier alpha value is -3.15. The monoisotopic (exact) mass is 320 g/mol. The largest absolute Gasteiger partial charge is 0.423 e. The Morgan fingerprint density at radius 1 is 1.30 bits per heavy atom. The van der Waals surface area contributed by atoms with Crippen LogP contribution in [0, 0.1) is 40.1 Å². The number of hydrogen-bond acceptors (Lipinski definition) is 5. The number of benzene rings is 1. The second kappa shape index (κ2) is 5.24. The third kappa shape index (κ3) is 2.24. The van der Waals surface area contributed by atoms with Crippen LogP contribution in [0.25, 0.3) is 0 Å². The van der Waals surface area contributed by atoms with Gasteiger partial charge in [0.1, 0.15) is 5.92 Å². The van der Waals surface area contributed by atoms with Gasteiger partial charge < -0.3 is 9.72 Å². The molecule has 1 aliphatic rings. The van der Waals surface area contributed by atoms with Gasteiger partial charge in [-0.15, -0.1) is 0 Å². The van der Waals surface area contributed by atoms with Gasteiger partial charge in [0.25, 0.3) is 5.56 Å². The molecule has 0 radical (unpaired) electrons. The molecule has 0 spiro atoms. The summed E-state index contributed by atoms with van der Waals surface area (Å²) in [6.45, 7) is 0. The van der Waals surface area contributed by atoms with Gasteiger partial charge in [-0.25, -0.2) is 18.2 Å². The maximum Gasteiger partial charge on any atom is 0.258 e. The van der Waals surface area contributed by atoms with Gasteiger partial charge in [0.05, 0.1) is 18.0 Å². The van der Waals surface area contributed by atoms with Crippen LogP contribution in [0.4, 0.5) is 13.2 Å². The van der Waals surface area contributed by atoms with Crippen LogP contribution in [-0.2, 0) is 0 Å². The van der Waals surface area contributed by atoms with E-state index < -0.39 is 40.7 Å². The van der Waals surface area contributed by atoms with E-state index in [9.17, 15) is 23.2 Å². The van der Waals surface area contributed by atoms with Crippen LogP contribution in [0.15, 0.2) is 23.3 Å². The molecule has 0 bridgehead atoms. The lowest BCUT2D eigenvalue weighted by molar-refractivity contribution is 0.420. The topological polar surface area (TPSA) is 103 Å². The highest BCUT2D eigenvalue weighted by molar-refractivity contribution is 5.84. The van der Waals surface area contributed by atoms with Crippen LogP contribution in [0.1, 0.15) is 17.0 Å². The third-order valence-electron chi connectivity index (χ3n) is 3.49. The van der Waals surface area contributed by atoms with Crippen molar-refractivity contribution in [2.75, 3.05) is 0 Å². The van der Waals surface area contributed by atoms with Crippen LogP contribution in [0.2, 0.25) is 0 Å². The van der Waals surface area contributed by atoms with Crippen LogP contribution in [0.5, 0.6) is 5.88 Å². The Morgan fingerprint density at radius 2 is 1.96 bits per heavy atom. The van der Waals surface area contributed by atoms with Crippen molar-refractivity contribution in [3.63, 3.8) is 0 Å². The molecule has 0 saturated heterocycles. The highest BCUT2D eigenvalue weighted by atomic mass is 19.2. The van der Waals surface area contributed by atoms with E-state index in [0.29, 0.717) is 12.1 Å². The molecular formula is C14H7F3N4O2. The number of nitrogens with zero attached hydrogens (tertiary/aromatic N) is 2. The number of rotatable bonds is 1. The minimum absolute atomic E-state index is 0.152. The molecule has 23 heavy (non-hydrogen) atoms. The molecule has 2 aromatic rings. The fraction of sp³-hybridized carbons (Fsp3) is 0.143. The van der Waals surface area contributed by atoms with Gasteiger partial charge in [-0.2, -0.15) is 5.26 Å². The average Bonchev–Trinajstić information content (AvgIpc) is 2.51. The van der Waals surface area contributed by atoms with Gasteiger partial charge in [-0.05, 0) is 17.7 Å². The number of nitrogens with one attached hydrogen (secondary N) is 2. The molecule has 9 heteroatoms. The Bertz CT molecular complexity index is 896. The lowest BCUT2D eigenvalue weighted by Gasteiger charge is -2.28. The first-order valence-electron chi connectivity index (χ1n) is 6.32. The standard InChI is InChI=1S/C14H7F3N4O2/c15-7-1-5(2-8(16)11(7)17)9-6(3-18)12(19)23-14-10(9)13(22)20-4-21-14/h1-2,4,6,9,19H,(H,20,21,22). The molecular weight excluding hydrogens is 313 g/mol. The van der Waals surface area contributed by atoms with Gasteiger partial charge >= 0.3 is 0 Å². The summed E-state index contributed by atoms with van der Waals surface area (Å²) in [4.78, 5) is 18.1. The second-order valence-corrected chi connectivity index (χ2v) is 4.80. The molecule has 116 valence electrons. The number of aromatic nitrogens is 2.